The fraction of sp³-hybridized carbons (Fsp3) is 0.955. The summed E-state index contributed by atoms with van der Waals surface area (Å²) in [6, 6.07) is 0. The zero-order valence-corrected chi connectivity index (χ0v) is 15.3. The number of rotatable bonds is 0. The third-order valence-corrected chi connectivity index (χ3v) is 9.83. The highest BCUT2D eigenvalue weighted by Crippen LogP contribution is 2.69. The Balaban J connectivity index is 1.45. The van der Waals surface area contributed by atoms with E-state index >= 15 is 0 Å². The van der Waals surface area contributed by atoms with Gasteiger partial charge in [-0.15, -0.1) is 0 Å². The molecule has 24 heavy (non-hydrogen) atoms. The third kappa shape index (κ3) is 2.01. The normalized spacial score (nSPS) is 56.8. The molecule has 1 spiro atoms. The molecule has 5 rings (SSSR count). The topological polar surface area (TPSA) is 37.3 Å². The number of carbonyl (C=O) groups excluding carboxylic acids is 1. The van der Waals surface area contributed by atoms with Crippen LogP contribution in [0.5, 0.6) is 0 Å². The van der Waals surface area contributed by atoms with Crippen molar-refractivity contribution in [2.75, 3.05) is 0 Å². The van der Waals surface area contributed by atoms with Gasteiger partial charge in [-0.25, -0.2) is 0 Å². The molecule has 0 aromatic carbocycles. The first kappa shape index (κ1) is 15.9. The van der Waals surface area contributed by atoms with Gasteiger partial charge in [-0.2, -0.15) is 0 Å². The van der Waals surface area contributed by atoms with E-state index in [4.69, 9.17) is 0 Å². The van der Waals surface area contributed by atoms with Crippen molar-refractivity contribution in [2.45, 2.75) is 90.1 Å². The summed E-state index contributed by atoms with van der Waals surface area (Å²) in [4.78, 5) is 12.3. The van der Waals surface area contributed by atoms with Crippen molar-refractivity contribution < 1.29 is 9.90 Å². The molecule has 0 aromatic heterocycles. The van der Waals surface area contributed by atoms with Crippen molar-refractivity contribution in [1.82, 2.24) is 0 Å². The van der Waals surface area contributed by atoms with E-state index in [0.29, 0.717) is 16.6 Å². The van der Waals surface area contributed by atoms with Crippen LogP contribution in [0.4, 0.5) is 0 Å². The molecule has 8 atom stereocenters. The molecule has 0 saturated heterocycles. The lowest BCUT2D eigenvalue weighted by Crippen LogP contribution is -2.55. The molecule has 2 heteroatoms. The average Bonchev–Trinajstić information content (AvgIpc) is 2.94. The molecule has 3 unspecified atom stereocenters. The van der Waals surface area contributed by atoms with Crippen LogP contribution in [0.15, 0.2) is 0 Å². The van der Waals surface area contributed by atoms with Crippen LogP contribution in [0.25, 0.3) is 0 Å². The van der Waals surface area contributed by atoms with Crippen LogP contribution in [0.2, 0.25) is 0 Å². The van der Waals surface area contributed by atoms with E-state index in [1.54, 1.807) is 0 Å². The molecule has 2 nitrogen and oxygen atoms in total. The predicted octanol–water partition coefficient (Wildman–Crippen LogP) is 4.74. The zero-order chi connectivity index (χ0) is 16.5. The molecule has 5 aliphatic carbocycles. The van der Waals surface area contributed by atoms with E-state index in [9.17, 15) is 9.90 Å². The van der Waals surface area contributed by atoms with Crippen molar-refractivity contribution in [3.63, 3.8) is 0 Å². The lowest BCUT2D eigenvalue weighted by Gasteiger charge is -2.62. The van der Waals surface area contributed by atoms with E-state index in [-0.39, 0.29) is 6.10 Å². The molecule has 0 amide bonds. The molecule has 5 aliphatic rings. The van der Waals surface area contributed by atoms with Gasteiger partial charge in [0.25, 0.3) is 0 Å². The standard InChI is InChI=1S/C22H34O2/c1-21-10-8-16(23)12-15(21)3-6-18-19(21)9-11-22-13-17(24)5-2-14(22)4-7-20(18)22/h14-16,18-20,23H,2-13H2,1H3/t14-,15+,16+,18?,19?,20?,21-,22-/m0/s1. The Labute approximate surface area is 146 Å². The van der Waals surface area contributed by atoms with E-state index in [1.807, 2.05) is 0 Å². The highest BCUT2D eigenvalue weighted by molar-refractivity contribution is 5.80. The summed E-state index contributed by atoms with van der Waals surface area (Å²) in [7, 11) is 0. The summed E-state index contributed by atoms with van der Waals surface area (Å²) in [5.41, 5.74) is 0.883. The molecule has 0 radical (unpaired) electrons. The fourth-order valence-electron chi connectivity index (χ4n) is 8.74. The van der Waals surface area contributed by atoms with E-state index in [0.717, 1.165) is 55.3 Å². The van der Waals surface area contributed by atoms with Gasteiger partial charge in [-0.3, -0.25) is 4.79 Å². The molecular formula is C22H34O2. The van der Waals surface area contributed by atoms with E-state index in [1.165, 1.54) is 51.4 Å². The van der Waals surface area contributed by atoms with Gasteiger partial charge >= 0.3 is 0 Å². The Morgan fingerprint density at radius 3 is 2.62 bits per heavy atom. The monoisotopic (exact) mass is 330 g/mol. The lowest BCUT2D eigenvalue weighted by atomic mass is 9.43. The number of hydrogen-bond donors (Lipinski definition) is 1. The summed E-state index contributed by atoms with van der Waals surface area (Å²) in [5, 5.41) is 10.2. The maximum atomic E-state index is 12.3. The van der Waals surface area contributed by atoms with Crippen LogP contribution in [0.3, 0.4) is 0 Å². The molecule has 0 aromatic rings. The summed E-state index contributed by atoms with van der Waals surface area (Å²) >= 11 is 0. The van der Waals surface area contributed by atoms with Gasteiger partial charge in [-0.1, -0.05) is 6.92 Å². The Morgan fingerprint density at radius 2 is 1.75 bits per heavy atom. The summed E-state index contributed by atoms with van der Waals surface area (Å²) in [5.74, 6) is 4.77. The molecule has 5 fully saturated rings. The van der Waals surface area contributed by atoms with Crippen molar-refractivity contribution >= 4 is 5.78 Å². The first-order valence-electron chi connectivity index (χ1n) is 10.7. The predicted molar refractivity (Wildman–Crippen MR) is 94.4 cm³/mol. The van der Waals surface area contributed by atoms with Crippen molar-refractivity contribution in [3.05, 3.63) is 0 Å². The van der Waals surface area contributed by atoms with Crippen LogP contribution >= 0.6 is 0 Å². The number of ketones is 1. The second-order valence-electron chi connectivity index (χ2n) is 10.4. The van der Waals surface area contributed by atoms with Gasteiger partial charge in [0.1, 0.15) is 5.78 Å². The summed E-state index contributed by atoms with van der Waals surface area (Å²) < 4.78 is 0. The zero-order valence-electron chi connectivity index (χ0n) is 15.3. The molecule has 0 aliphatic heterocycles. The Kier molecular flexibility index (Phi) is 3.51. The average molecular weight is 331 g/mol. The Morgan fingerprint density at radius 1 is 0.917 bits per heavy atom. The SMILES string of the molecule is C[C@]12CC[C@@H](O)C[C@H]1CCC1C3CC[C@@H]4CCC(=O)C[C@]34CCC12. The second kappa shape index (κ2) is 5.32. The van der Waals surface area contributed by atoms with Crippen molar-refractivity contribution in [3.8, 4) is 0 Å². The first-order valence-corrected chi connectivity index (χ1v) is 10.7. The molecule has 134 valence electrons. The van der Waals surface area contributed by atoms with Crippen LogP contribution in [0.1, 0.15) is 84.0 Å². The minimum absolute atomic E-state index is 0.0404. The highest BCUT2D eigenvalue weighted by atomic mass is 16.3. The number of fused-ring (bicyclic) bond motifs is 4. The van der Waals surface area contributed by atoms with Crippen LogP contribution < -0.4 is 0 Å². The maximum Gasteiger partial charge on any atom is 0.133 e. The number of carbonyl (C=O) groups is 1. The van der Waals surface area contributed by atoms with E-state index in [2.05, 4.69) is 6.92 Å². The quantitative estimate of drug-likeness (QED) is 0.696. The van der Waals surface area contributed by atoms with Crippen molar-refractivity contribution in [1.29, 1.82) is 0 Å². The number of hydrogen-bond acceptors (Lipinski definition) is 2. The molecule has 0 bridgehead atoms. The molecular weight excluding hydrogens is 296 g/mol. The minimum atomic E-state index is -0.0404. The first-order chi connectivity index (χ1) is 11.5. The lowest BCUT2D eigenvalue weighted by molar-refractivity contribution is -0.147. The number of aliphatic hydroxyl groups excluding tert-OH is 1. The summed E-state index contributed by atoms with van der Waals surface area (Å²) in [6.45, 7) is 2.57. The summed E-state index contributed by atoms with van der Waals surface area (Å²) in [6.07, 6.45) is 14.5. The van der Waals surface area contributed by atoms with Gasteiger partial charge in [0, 0.05) is 12.8 Å². The highest BCUT2D eigenvalue weighted by Gasteiger charge is 2.62. The molecule has 5 saturated carbocycles. The third-order valence-electron chi connectivity index (χ3n) is 9.83. The Bertz CT molecular complexity index is 542. The minimum Gasteiger partial charge on any atom is -0.393 e. The van der Waals surface area contributed by atoms with Crippen molar-refractivity contribution in [2.24, 2.45) is 40.4 Å². The molecule has 0 heterocycles. The number of aliphatic hydroxyl groups is 1. The van der Waals surface area contributed by atoms with Gasteiger partial charge in [0.2, 0.25) is 0 Å². The van der Waals surface area contributed by atoms with Gasteiger partial charge < -0.3 is 5.11 Å². The molecule has 1 N–H and O–H groups in total. The largest absolute Gasteiger partial charge is 0.393 e. The van der Waals surface area contributed by atoms with Crippen LogP contribution in [-0.4, -0.2) is 17.0 Å². The second-order valence-corrected chi connectivity index (χ2v) is 10.4. The van der Waals surface area contributed by atoms with Gasteiger partial charge in [-0.05, 0) is 105 Å². The number of Topliss-reactive ketones (excluding diaryl/α,β-unsaturated/α-hetero) is 1. The maximum absolute atomic E-state index is 12.3. The fourth-order valence-corrected chi connectivity index (χ4v) is 8.74. The van der Waals surface area contributed by atoms with Crippen LogP contribution in [0, 0.1) is 40.4 Å². The van der Waals surface area contributed by atoms with E-state index < -0.39 is 0 Å². The smallest absolute Gasteiger partial charge is 0.133 e. The van der Waals surface area contributed by atoms with Gasteiger partial charge in [0.05, 0.1) is 6.10 Å². The van der Waals surface area contributed by atoms with Gasteiger partial charge in [0.15, 0.2) is 0 Å². The van der Waals surface area contributed by atoms with Crippen LogP contribution in [-0.2, 0) is 4.79 Å². The Hall–Kier alpha value is -0.370.